The minimum absolute atomic E-state index is 0.590. The van der Waals surface area contributed by atoms with Gasteiger partial charge in [-0.1, -0.05) is 18.6 Å². The third kappa shape index (κ3) is 2.41. The van der Waals surface area contributed by atoms with Gasteiger partial charge in [0, 0.05) is 0 Å². The Labute approximate surface area is 50.6 Å². The van der Waals surface area contributed by atoms with Crippen LogP contribution in [0.15, 0.2) is 11.6 Å². The first-order chi connectivity index (χ1) is 3.85. The molecule has 44 valence electrons. The Hall–Kier alpha value is -0.770. The lowest BCUT2D eigenvalue weighted by atomic mass is 10.1. The van der Waals surface area contributed by atoms with E-state index >= 15 is 0 Å². The maximum atomic E-state index is 8.21. The van der Waals surface area contributed by atoms with Gasteiger partial charge in [-0.2, -0.15) is 5.26 Å². The summed E-state index contributed by atoms with van der Waals surface area (Å²) in [5.74, 6) is 0. The monoisotopic (exact) mass is 109 g/mol. The molecule has 0 aliphatic carbocycles. The molecule has 0 aromatic heterocycles. The SMILES string of the molecule is CC=C(CC)CC#N. The first-order valence-electron chi connectivity index (χ1n) is 2.86. The second-order valence-corrected chi connectivity index (χ2v) is 1.64. The fraction of sp³-hybridized carbons (Fsp3) is 0.571. The van der Waals surface area contributed by atoms with E-state index < -0.39 is 0 Å². The largest absolute Gasteiger partial charge is 0.198 e. The Balaban J connectivity index is 3.59. The van der Waals surface area contributed by atoms with E-state index in [1.807, 2.05) is 13.0 Å². The fourth-order valence-electron chi connectivity index (χ4n) is 0.533. The van der Waals surface area contributed by atoms with E-state index in [2.05, 4.69) is 13.0 Å². The predicted molar refractivity (Wildman–Crippen MR) is 34.3 cm³/mol. The standard InChI is InChI=1S/C7H11N/c1-3-7(4-2)5-6-8/h3H,4-5H2,1-2H3. The van der Waals surface area contributed by atoms with Gasteiger partial charge < -0.3 is 0 Å². The topological polar surface area (TPSA) is 23.8 Å². The fourth-order valence-corrected chi connectivity index (χ4v) is 0.533. The number of allylic oxidation sites excluding steroid dienone is 2. The highest BCUT2D eigenvalue weighted by atomic mass is 14.2. The van der Waals surface area contributed by atoms with Crippen LogP contribution in [0.4, 0.5) is 0 Å². The number of nitrogens with zero attached hydrogens (tertiary/aromatic N) is 1. The molecule has 0 bridgehead atoms. The van der Waals surface area contributed by atoms with Crippen LogP contribution in [-0.2, 0) is 0 Å². The van der Waals surface area contributed by atoms with Crippen molar-refractivity contribution in [3.63, 3.8) is 0 Å². The van der Waals surface area contributed by atoms with Crippen LogP contribution in [0.2, 0.25) is 0 Å². The van der Waals surface area contributed by atoms with Gasteiger partial charge in [-0.05, 0) is 13.3 Å². The highest BCUT2D eigenvalue weighted by Gasteiger charge is 1.86. The van der Waals surface area contributed by atoms with Crippen molar-refractivity contribution in [2.45, 2.75) is 26.7 Å². The van der Waals surface area contributed by atoms with Crippen LogP contribution in [0, 0.1) is 11.3 Å². The number of nitriles is 1. The minimum Gasteiger partial charge on any atom is -0.198 e. The molecule has 0 amide bonds. The predicted octanol–water partition coefficient (Wildman–Crippen LogP) is 2.26. The highest BCUT2D eigenvalue weighted by molar-refractivity contribution is 5.05. The molecule has 0 rings (SSSR count). The molecule has 8 heavy (non-hydrogen) atoms. The molecule has 0 saturated carbocycles. The number of rotatable bonds is 2. The second kappa shape index (κ2) is 4.39. The van der Waals surface area contributed by atoms with E-state index in [9.17, 15) is 0 Å². The molecular formula is C7H11N. The van der Waals surface area contributed by atoms with Gasteiger partial charge in [-0.3, -0.25) is 0 Å². The quantitative estimate of drug-likeness (QED) is 0.499. The molecule has 0 fully saturated rings. The van der Waals surface area contributed by atoms with Gasteiger partial charge in [0.25, 0.3) is 0 Å². The minimum atomic E-state index is 0.590. The van der Waals surface area contributed by atoms with Gasteiger partial charge in [0.15, 0.2) is 0 Å². The van der Waals surface area contributed by atoms with Gasteiger partial charge in [-0.25, -0.2) is 0 Å². The molecule has 0 spiro atoms. The summed E-state index contributed by atoms with van der Waals surface area (Å²) in [5.41, 5.74) is 1.23. The maximum Gasteiger partial charge on any atom is 0.0666 e. The smallest absolute Gasteiger partial charge is 0.0666 e. The van der Waals surface area contributed by atoms with Crippen LogP contribution in [-0.4, -0.2) is 0 Å². The first-order valence-corrected chi connectivity index (χ1v) is 2.86. The molecular weight excluding hydrogens is 98.1 g/mol. The highest BCUT2D eigenvalue weighted by Crippen LogP contribution is 2.02. The second-order valence-electron chi connectivity index (χ2n) is 1.64. The number of hydrogen-bond donors (Lipinski definition) is 0. The van der Waals surface area contributed by atoms with Crippen molar-refractivity contribution < 1.29 is 0 Å². The van der Waals surface area contributed by atoms with E-state index in [1.54, 1.807) is 0 Å². The van der Waals surface area contributed by atoms with Crippen LogP contribution in [0.5, 0.6) is 0 Å². The van der Waals surface area contributed by atoms with E-state index in [0.717, 1.165) is 6.42 Å². The lowest BCUT2D eigenvalue weighted by Gasteiger charge is -1.91. The molecule has 0 radical (unpaired) electrons. The lowest BCUT2D eigenvalue weighted by Crippen LogP contribution is -1.74. The van der Waals surface area contributed by atoms with E-state index in [1.165, 1.54) is 5.57 Å². The molecule has 0 heterocycles. The van der Waals surface area contributed by atoms with Gasteiger partial charge in [0.2, 0.25) is 0 Å². The van der Waals surface area contributed by atoms with Crippen LogP contribution in [0.1, 0.15) is 26.7 Å². The molecule has 0 unspecified atom stereocenters. The molecule has 0 aliphatic rings. The molecule has 0 aliphatic heterocycles. The normalized spacial score (nSPS) is 10.9. The summed E-state index contributed by atoms with van der Waals surface area (Å²) in [6, 6.07) is 2.10. The molecule has 0 aromatic carbocycles. The third-order valence-corrected chi connectivity index (χ3v) is 1.17. The van der Waals surface area contributed by atoms with Gasteiger partial charge in [-0.15, -0.1) is 0 Å². The van der Waals surface area contributed by atoms with Crippen molar-refractivity contribution in [1.29, 1.82) is 5.26 Å². The van der Waals surface area contributed by atoms with Crippen molar-refractivity contribution in [3.8, 4) is 6.07 Å². The van der Waals surface area contributed by atoms with Crippen molar-refractivity contribution in [2.24, 2.45) is 0 Å². The lowest BCUT2D eigenvalue weighted by molar-refractivity contribution is 1.03. The summed E-state index contributed by atoms with van der Waals surface area (Å²) in [7, 11) is 0. The van der Waals surface area contributed by atoms with Gasteiger partial charge >= 0.3 is 0 Å². The van der Waals surface area contributed by atoms with E-state index in [4.69, 9.17) is 5.26 Å². The van der Waals surface area contributed by atoms with Crippen molar-refractivity contribution in [3.05, 3.63) is 11.6 Å². The average Bonchev–Trinajstić information content (AvgIpc) is 1.83. The summed E-state index contributed by atoms with van der Waals surface area (Å²) >= 11 is 0. The van der Waals surface area contributed by atoms with Crippen molar-refractivity contribution in [1.82, 2.24) is 0 Å². The zero-order chi connectivity index (χ0) is 6.41. The van der Waals surface area contributed by atoms with Gasteiger partial charge in [0.05, 0.1) is 12.5 Å². The summed E-state index contributed by atoms with van der Waals surface area (Å²) in [6.07, 6.45) is 3.60. The Bertz CT molecular complexity index is 117. The molecule has 1 heteroatoms. The first kappa shape index (κ1) is 7.23. The third-order valence-electron chi connectivity index (χ3n) is 1.17. The van der Waals surface area contributed by atoms with E-state index in [-0.39, 0.29) is 0 Å². The zero-order valence-corrected chi connectivity index (χ0v) is 5.44. The van der Waals surface area contributed by atoms with Crippen LogP contribution in [0.3, 0.4) is 0 Å². The average molecular weight is 109 g/mol. The maximum absolute atomic E-state index is 8.21. The molecule has 0 aromatic rings. The Morgan fingerprint density at radius 1 is 1.75 bits per heavy atom. The van der Waals surface area contributed by atoms with Crippen LogP contribution >= 0.6 is 0 Å². The summed E-state index contributed by atoms with van der Waals surface area (Å²) in [5, 5.41) is 8.21. The zero-order valence-electron chi connectivity index (χ0n) is 5.44. The summed E-state index contributed by atoms with van der Waals surface area (Å²) < 4.78 is 0. The molecule has 0 atom stereocenters. The van der Waals surface area contributed by atoms with Crippen LogP contribution < -0.4 is 0 Å². The summed E-state index contributed by atoms with van der Waals surface area (Å²) in [4.78, 5) is 0. The summed E-state index contributed by atoms with van der Waals surface area (Å²) in [6.45, 7) is 4.03. The van der Waals surface area contributed by atoms with Crippen molar-refractivity contribution in [2.75, 3.05) is 0 Å². The molecule has 0 N–H and O–H groups in total. The Morgan fingerprint density at radius 3 is 2.50 bits per heavy atom. The molecule has 1 nitrogen and oxygen atoms in total. The molecule has 0 saturated heterocycles. The Morgan fingerprint density at radius 2 is 2.38 bits per heavy atom. The van der Waals surface area contributed by atoms with E-state index in [0.29, 0.717) is 6.42 Å². The number of hydrogen-bond acceptors (Lipinski definition) is 1. The van der Waals surface area contributed by atoms with Crippen molar-refractivity contribution >= 4 is 0 Å². The van der Waals surface area contributed by atoms with Crippen LogP contribution in [0.25, 0.3) is 0 Å². The van der Waals surface area contributed by atoms with Gasteiger partial charge in [0.1, 0.15) is 0 Å². The Kier molecular flexibility index (Phi) is 3.97.